The van der Waals surface area contributed by atoms with Gasteiger partial charge < -0.3 is 11.1 Å². The van der Waals surface area contributed by atoms with E-state index in [1.807, 2.05) is 0 Å². The number of hydrogen-bond donors (Lipinski definition) is 2. The summed E-state index contributed by atoms with van der Waals surface area (Å²) in [4.78, 5) is 13.7. The molecule has 0 aliphatic carbocycles. The molecule has 1 aromatic carbocycles. The lowest BCUT2D eigenvalue weighted by Crippen LogP contribution is -2.31. The van der Waals surface area contributed by atoms with Gasteiger partial charge in [-0.1, -0.05) is 24.3 Å². The van der Waals surface area contributed by atoms with Gasteiger partial charge in [-0.25, -0.2) is 0 Å². The summed E-state index contributed by atoms with van der Waals surface area (Å²) in [5.74, 6) is 0.0893. The Bertz CT molecular complexity index is 367. The zero-order chi connectivity index (χ0) is 12.1. The number of carbonyl (C=O) groups is 1. The van der Waals surface area contributed by atoms with Crippen molar-refractivity contribution in [3.63, 3.8) is 0 Å². The van der Waals surface area contributed by atoms with Crippen molar-refractivity contribution in [1.82, 2.24) is 10.2 Å². The van der Waals surface area contributed by atoms with Gasteiger partial charge in [0.1, 0.15) is 0 Å². The van der Waals surface area contributed by atoms with Crippen molar-refractivity contribution in [1.29, 1.82) is 0 Å². The SMILES string of the molecule is NCCNC(=O)CCN1Cc2ccccc2C1. The van der Waals surface area contributed by atoms with Crippen LogP contribution in [0.3, 0.4) is 0 Å². The summed E-state index contributed by atoms with van der Waals surface area (Å²) in [6, 6.07) is 8.44. The highest BCUT2D eigenvalue weighted by Gasteiger charge is 2.18. The normalized spacial score (nSPS) is 14.6. The third kappa shape index (κ3) is 3.28. The van der Waals surface area contributed by atoms with Gasteiger partial charge in [0.25, 0.3) is 0 Å². The molecular weight excluding hydrogens is 214 g/mol. The van der Waals surface area contributed by atoms with Crippen molar-refractivity contribution in [3.05, 3.63) is 35.4 Å². The summed E-state index contributed by atoms with van der Waals surface area (Å²) in [6.45, 7) is 3.80. The van der Waals surface area contributed by atoms with Crippen molar-refractivity contribution in [2.75, 3.05) is 19.6 Å². The molecule has 2 rings (SSSR count). The molecule has 4 heteroatoms. The molecule has 0 atom stereocenters. The molecule has 0 unspecified atom stereocenters. The second-order valence-corrected chi connectivity index (χ2v) is 4.37. The van der Waals surface area contributed by atoms with E-state index in [4.69, 9.17) is 5.73 Å². The standard InChI is InChI=1S/C13H19N3O/c14-6-7-15-13(17)5-8-16-9-11-3-1-2-4-12(11)10-16/h1-4H,5-10,14H2,(H,15,17). The zero-order valence-electron chi connectivity index (χ0n) is 9.98. The highest BCUT2D eigenvalue weighted by molar-refractivity contribution is 5.76. The molecule has 0 saturated carbocycles. The summed E-state index contributed by atoms with van der Waals surface area (Å²) >= 11 is 0. The molecule has 1 aliphatic rings. The molecule has 1 aliphatic heterocycles. The molecule has 0 fully saturated rings. The predicted octanol–water partition coefficient (Wildman–Crippen LogP) is 0.467. The molecule has 1 aromatic rings. The first-order chi connectivity index (χ1) is 8.29. The Kier molecular flexibility index (Phi) is 4.12. The molecule has 92 valence electrons. The third-order valence-corrected chi connectivity index (χ3v) is 3.03. The first-order valence-electron chi connectivity index (χ1n) is 6.05. The number of fused-ring (bicyclic) bond motifs is 1. The van der Waals surface area contributed by atoms with Gasteiger partial charge in [-0.2, -0.15) is 0 Å². The van der Waals surface area contributed by atoms with E-state index in [1.165, 1.54) is 11.1 Å². The van der Waals surface area contributed by atoms with Gasteiger partial charge >= 0.3 is 0 Å². The minimum atomic E-state index is 0.0893. The zero-order valence-corrected chi connectivity index (χ0v) is 9.98. The Labute approximate surface area is 102 Å². The van der Waals surface area contributed by atoms with Crippen LogP contribution in [0.15, 0.2) is 24.3 Å². The molecular formula is C13H19N3O. The summed E-state index contributed by atoms with van der Waals surface area (Å²) in [5, 5.41) is 2.79. The Morgan fingerprint density at radius 1 is 1.29 bits per heavy atom. The van der Waals surface area contributed by atoms with Gasteiger partial charge in [0.05, 0.1) is 0 Å². The summed E-state index contributed by atoms with van der Waals surface area (Å²) in [6.07, 6.45) is 0.550. The lowest BCUT2D eigenvalue weighted by molar-refractivity contribution is -0.121. The number of carbonyl (C=O) groups excluding carboxylic acids is 1. The van der Waals surface area contributed by atoms with Crippen LogP contribution in [-0.4, -0.2) is 30.4 Å². The van der Waals surface area contributed by atoms with E-state index < -0.39 is 0 Å². The lowest BCUT2D eigenvalue weighted by Gasteiger charge is -2.14. The molecule has 0 aromatic heterocycles. The molecule has 17 heavy (non-hydrogen) atoms. The molecule has 1 heterocycles. The van der Waals surface area contributed by atoms with Crippen molar-refractivity contribution >= 4 is 5.91 Å². The topological polar surface area (TPSA) is 58.4 Å². The number of hydrogen-bond acceptors (Lipinski definition) is 3. The van der Waals surface area contributed by atoms with Crippen molar-refractivity contribution in [2.24, 2.45) is 5.73 Å². The summed E-state index contributed by atoms with van der Waals surface area (Å²) in [7, 11) is 0. The molecule has 3 N–H and O–H groups in total. The van der Waals surface area contributed by atoms with Gasteiger partial charge in [-0.05, 0) is 11.1 Å². The lowest BCUT2D eigenvalue weighted by atomic mass is 10.1. The minimum Gasteiger partial charge on any atom is -0.355 e. The first kappa shape index (κ1) is 12.1. The average molecular weight is 233 g/mol. The van der Waals surface area contributed by atoms with Gasteiger partial charge in [0, 0.05) is 39.1 Å². The van der Waals surface area contributed by atoms with Crippen LogP contribution in [0, 0.1) is 0 Å². The Hall–Kier alpha value is -1.39. The fourth-order valence-electron chi connectivity index (χ4n) is 2.12. The molecule has 0 bridgehead atoms. The second kappa shape index (κ2) is 5.80. The monoisotopic (exact) mass is 233 g/mol. The predicted molar refractivity (Wildman–Crippen MR) is 67.2 cm³/mol. The number of amides is 1. The van der Waals surface area contributed by atoms with E-state index >= 15 is 0 Å². The van der Waals surface area contributed by atoms with E-state index in [2.05, 4.69) is 34.5 Å². The Balaban J connectivity index is 1.75. The smallest absolute Gasteiger partial charge is 0.221 e. The Morgan fingerprint density at radius 2 is 1.94 bits per heavy atom. The van der Waals surface area contributed by atoms with Crippen LogP contribution >= 0.6 is 0 Å². The van der Waals surface area contributed by atoms with Crippen molar-refractivity contribution in [2.45, 2.75) is 19.5 Å². The summed E-state index contributed by atoms with van der Waals surface area (Å²) in [5.41, 5.74) is 8.10. The second-order valence-electron chi connectivity index (χ2n) is 4.37. The quantitative estimate of drug-likeness (QED) is 0.777. The minimum absolute atomic E-state index is 0.0893. The molecule has 4 nitrogen and oxygen atoms in total. The molecule has 0 saturated heterocycles. The highest BCUT2D eigenvalue weighted by Crippen LogP contribution is 2.21. The van der Waals surface area contributed by atoms with Crippen LogP contribution in [0.1, 0.15) is 17.5 Å². The number of benzene rings is 1. The highest BCUT2D eigenvalue weighted by atomic mass is 16.1. The van der Waals surface area contributed by atoms with Gasteiger partial charge in [0.15, 0.2) is 0 Å². The Morgan fingerprint density at radius 3 is 2.53 bits per heavy atom. The van der Waals surface area contributed by atoms with Crippen LogP contribution < -0.4 is 11.1 Å². The maximum atomic E-state index is 11.4. The molecule has 0 radical (unpaired) electrons. The van der Waals surface area contributed by atoms with E-state index in [0.717, 1.165) is 19.6 Å². The van der Waals surface area contributed by atoms with Crippen LogP contribution in [0.5, 0.6) is 0 Å². The van der Waals surface area contributed by atoms with Gasteiger partial charge in [-0.15, -0.1) is 0 Å². The number of nitrogens with two attached hydrogens (primary N) is 1. The number of nitrogens with zero attached hydrogens (tertiary/aromatic N) is 1. The fraction of sp³-hybridized carbons (Fsp3) is 0.462. The van der Waals surface area contributed by atoms with Crippen LogP contribution in [0.4, 0.5) is 0 Å². The first-order valence-corrected chi connectivity index (χ1v) is 6.05. The maximum Gasteiger partial charge on any atom is 0.221 e. The largest absolute Gasteiger partial charge is 0.355 e. The van der Waals surface area contributed by atoms with Crippen LogP contribution in [-0.2, 0) is 17.9 Å². The van der Waals surface area contributed by atoms with Crippen LogP contribution in [0.25, 0.3) is 0 Å². The number of rotatable bonds is 5. The van der Waals surface area contributed by atoms with Crippen LogP contribution in [0.2, 0.25) is 0 Å². The molecule has 0 spiro atoms. The fourth-order valence-corrected chi connectivity index (χ4v) is 2.12. The van der Waals surface area contributed by atoms with E-state index in [-0.39, 0.29) is 5.91 Å². The maximum absolute atomic E-state index is 11.4. The summed E-state index contributed by atoms with van der Waals surface area (Å²) < 4.78 is 0. The third-order valence-electron chi connectivity index (χ3n) is 3.03. The van der Waals surface area contributed by atoms with E-state index in [9.17, 15) is 4.79 Å². The van der Waals surface area contributed by atoms with Crippen molar-refractivity contribution in [3.8, 4) is 0 Å². The average Bonchev–Trinajstić information content (AvgIpc) is 2.76. The van der Waals surface area contributed by atoms with E-state index in [1.54, 1.807) is 0 Å². The van der Waals surface area contributed by atoms with Gasteiger partial charge in [-0.3, -0.25) is 9.69 Å². The molecule has 1 amide bonds. The van der Waals surface area contributed by atoms with E-state index in [0.29, 0.717) is 19.5 Å². The number of nitrogens with one attached hydrogen (secondary N) is 1. The van der Waals surface area contributed by atoms with Gasteiger partial charge in [0.2, 0.25) is 5.91 Å². The van der Waals surface area contributed by atoms with Crippen molar-refractivity contribution < 1.29 is 4.79 Å².